The topological polar surface area (TPSA) is 49.4 Å². The molecular formula is C19H18ClF3N2O2. The molecule has 2 amide bonds. The first-order chi connectivity index (χ1) is 12.7. The highest BCUT2D eigenvalue weighted by molar-refractivity contribution is 6.31. The van der Waals surface area contributed by atoms with Gasteiger partial charge in [-0.25, -0.2) is 0 Å². The molecule has 144 valence electrons. The first-order valence-corrected chi connectivity index (χ1v) is 8.51. The second kappa shape index (κ2) is 8.90. The van der Waals surface area contributed by atoms with Gasteiger partial charge in [-0.3, -0.25) is 9.59 Å². The van der Waals surface area contributed by atoms with Gasteiger partial charge in [0.15, 0.2) is 0 Å². The number of nitrogens with zero attached hydrogens (tertiary/aromatic N) is 1. The maximum absolute atomic E-state index is 13.0. The van der Waals surface area contributed by atoms with E-state index >= 15 is 0 Å². The van der Waals surface area contributed by atoms with Crippen molar-refractivity contribution in [2.24, 2.45) is 0 Å². The number of halogens is 4. The van der Waals surface area contributed by atoms with Crippen molar-refractivity contribution in [1.82, 2.24) is 5.32 Å². The Kier molecular flexibility index (Phi) is 6.85. The van der Waals surface area contributed by atoms with Crippen LogP contribution in [-0.4, -0.2) is 18.4 Å². The molecule has 0 unspecified atom stereocenters. The van der Waals surface area contributed by atoms with Crippen molar-refractivity contribution < 1.29 is 22.8 Å². The van der Waals surface area contributed by atoms with Crippen LogP contribution in [0.1, 0.15) is 24.5 Å². The highest BCUT2D eigenvalue weighted by Gasteiger charge is 2.34. The summed E-state index contributed by atoms with van der Waals surface area (Å²) < 4.78 is 39.1. The van der Waals surface area contributed by atoms with Crippen molar-refractivity contribution in [3.8, 4) is 0 Å². The molecule has 0 spiro atoms. The van der Waals surface area contributed by atoms with Crippen LogP contribution < -0.4 is 10.2 Å². The number of carbonyl (C=O) groups excluding carboxylic acids is 2. The molecule has 0 fully saturated rings. The van der Waals surface area contributed by atoms with Crippen LogP contribution in [0, 0.1) is 0 Å². The lowest BCUT2D eigenvalue weighted by Gasteiger charge is -2.22. The molecule has 0 aliphatic rings. The van der Waals surface area contributed by atoms with Crippen molar-refractivity contribution in [2.45, 2.75) is 26.1 Å². The SMILES string of the molecule is CC(=O)N(CCC(=O)NCc1ccccc1)c1ccc(Cl)c(C(F)(F)F)c1. The fourth-order valence-corrected chi connectivity index (χ4v) is 2.69. The normalized spacial score (nSPS) is 11.1. The molecule has 0 aromatic heterocycles. The lowest BCUT2D eigenvalue weighted by Crippen LogP contribution is -2.34. The predicted octanol–water partition coefficient (Wildman–Crippen LogP) is 4.42. The van der Waals surface area contributed by atoms with Crippen molar-refractivity contribution in [3.63, 3.8) is 0 Å². The first-order valence-electron chi connectivity index (χ1n) is 8.14. The van der Waals surface area contributed by atoms with E-state index in [0.29, 0.717) is 6.54 Å². The molecule has 1 N–H and O–H groups in total. The first kappa shape index (κ1) is 20.8. The van der Waals surface area contributed by atoms with Gasteiger partial charge in [0, 0.05) is 32.1 Å². The zero-order valence-corrected chi connectivity index (χ0v) is 15.3. The third kappa shape index (κ3) is 5.99. The molecule has 0 atom stereocenters. The van der Waals surface area contributed by atoms with E-state index in [1.165, 1.54) is 13.0 Å². The molecule has 0 radical (unpaired) electrons. The average molecular weight is 399 g/mol. The lowest BCUT2D eigenvalue weighted by atomic mass is 10.1. The Morgan fingerprint density at radius 2 is 1.78 bits per heavy atom. The van der Waals surface area contributed by atoms with E-state index in [1.54, 1.807) is 0 Å². The zero-order valence-electron chi connectivity index (χ0n) is 14.5. The van der Waals surface area contributed by atoms with Gasteiger partial charge in [-0.05, 0) is 23.8 Å². The fraction of sp³-hybridized carbons (Fsp3) is 0.263. The minimum Gasteiger partial charge on any atom is -0.352 e. The van der Waals surface area contributed by atoms with Gasteiger partial charge in [0.2, 0.25) is 11.8 Å². The molecule has 0 aliphatic carbocycles. The maximum atomic E-state index is 13.0. The third-order valence-electron chi connectivity index (χ3n) is 3.84. The molecule has 0 bridgehead atoms. The van der Waals surface area contributed by atoms with Crippen LogP contribution in [0.3, 0.4) is 0 Å². The number of alkyl halides is 3. The van der Waals surface area contributed by atoms with Crippen LogP contribution in [0.5, 0.6) is 0 Å². The Labute approximate surface area is 159 Å². The van der Waals surface area contributed by atoms with Gasteiger partial charge in [0.25, 0.3) is 0 Å². The van der Waals surface area contributed by atoms with E-state index < -0.39 is 22.7 Å². The van der Waals surface area contributed by atoms with Crippen molar-refractivity contribution in [1.29, 1.82) is 0 Å². The molecule has 2 rings (SSSR count). The summed E-state index contributed by atoms with van der Waals surface area (Å²) in [6, 6.07) is 12.5. The van der Waals surface area contributed by atoms with Gasteiger partial charge in [0.1, 0.15) is 0 Å². The van der Waals surface area contributed by atoms with E-state index in [-0.39, 0.29) is 24.6 Å². The Morgan fingerprint density at radius 1 is 1.11 bits per heavy atom. The Hall–Kier alpha value is -2.54. The van der Waals surface area contributed by atoms with E-state index in [2.05, 4.69) is 5.32 Å². The minimum atomic E-state index is -4.64. The minimum absolute atomic E-state index is 0.0371. The fourth-order valence-electron chi connectivity index (χ4n) is 2.46. The van der Waals surface area contributed by atoms with Gasteiger partial charge >= 0.3 is 6.18 Å². The number of amides is 2. The lowest BCUT2D eigenvalue weighted by molar-refractivity contribution is -0.137. The summed E-state index contributed by atoms with van der Waals surface area (Å²) in [5.41, 5.74) is -0.0710. The Bertz CT molecular complexity index is 810. The molecule has 0 saturated carbocycles. The number of benzene rings is 2. The van der Waals surface area contributed by atoms with Crippen LogP contribution in [-0.2, 0) is 22.3 Å². The standard InChI is InChI=1S/C19H18ClF3N2O2/c1-13(26)25(15-7-8-17(20)16(11-15)19(21,22)23)10-9-18(27)24-12-14-5-3-2-4-6-14/h2-8,11H,9-10,12H2,1H3,(H,24,27). The summed E-state index contributed by atoms with van der Waals surface area (Å²) in [6.45, 7) is 1.51. The molecule has 0 saturated heterocycles. The van der Waals surface area contributed by atoms with Crippen molar-refractivity contribution in [2.75, 3.05) is 11.4 Å². The smallest absolute Gasteiger partial charge is 0.352 e. The monoisotopic (exact) mass is 398 g/mol. The van der Waals surface area contributed by atoms with Gasteiger partial charge < -0.3 is 10.2 Å². The number of nitrogens with one attached hydrogen (secondary N) is 1. The van der Waals surface area contributed by atoms with Crippen LogP contribution in [0.25, 0.3) is 0 Å². The van der Waals surface area contributed by atoms with E-state index in [1.807, 2.05) is 30.3 Å². The number of anilines is 1. The molecule has 27 heavy (non-hydrogen) atoms. The van der Waals surface area contributed by atoms with Gasteiger partial charge in [-0.1, -0.05) is 41.9 Å². The van der Waals surface area contributed by atoms with Crippen LogP contribution in [0.2, 0.25) is 5.02 Å². The maximum Gasteiger partial charge on any atom is 0.417 e. The Morgan fingerprint density at radius 3 is 2.37 bits per heavy atom. The third-order valence-corrected chi connectivity index (χ3v) is 4.17. The molecule has 0 aliphatic heterocycles. The quantitative estimate of drug-likeness (QED) is 0.783. The molecule has 4 nitrogen and oxygen atoms in total. The number of carbonyl (C=O) groups is 2. The number of hydrogen-bond acceptors (Lipinski definition) is 2. The van der Waals surface area contributed by atoms with E-state index in [9.17, 15) is 22.8 Å². The summed E-state index contributed by atoms with van der Waals surface area (Å²) in [5, 5.41) is 2.26. The summed E-state index contributed by atoms with van der Waals surface area (Å²) in [4.78, 5) is 25.0. The summed E-state index contributed by atoms with van der Waals surface area (Å²) in [5.74, 6) is -0.781. The summed E-state index contributed by atoms with van der Waals surface area (Å²) in [7, 11) is 0. The molecular weight excluding hydrogens is 381 g/mol. The zero-order chi connectivity index (χ0) is 20.0. The molecule has 8 heteroatoms. The van der Waals surface area contributed by atoms with E-state index in [4.69, 9.17) is 11.6 Å². The Balaban J connectivity index is 2.03. The summed E-state index contributed by atoms with van der Waals surface area (Å²) in [6.07, 6.45) is -4.68. The number of rotatable bonds is 6. The van der Waals surface area contributed by atoms with Crippen molar-refractivity contribution >= 4 is 29.1 Å². The number of hydrogen-bond donors (Lipinski definition) is 1. The van der Waals surface area contributed by atoms with Gasteiger partial charge in [-0.15, -0.1) is 0 Å². The summed E-state index contributed by atoms with van der Waals surface area (Å²) >= 11 is 5.60. The largest absolute Gasteiger partial charge is 0.417 e. The van der Waals surface area contributed by atoms with Crippen LogP contribution >= 0.6 is 11.6 Å². The van der Waals surface area contributed by atoms with Gasteiger partial charge in [-0.2, -0.15) is 13.2 Å². The molecule has 2 aromatic rings. The molecule has 0 heterocycles. The van der Waals surface area contributed by atoms with E-state index in [0.717, 1.165) is 22.6 Å². The average Bonchev–Trinajstić information content (AvgIpc) is 2.61. The van der Waals surface area contributed by atoms with Crippen molar-refractivity contribution in [3.05, 3.63) is 64.7 Å². The molecule has 2 aromatic carbocycles. The van der Waals surface area contributed by atoms with Crippen LogP contribution in [0.4, 0.5) is 18.9 Å². The van der Waals surface area contributed by atoms with Crippen LogP contribution in [0.15, 0.2) is 48.5 Å². The van der Waals surface area contributed by atoms with Gasteiger partial charge in [0.05, 0.1) is 10.6 Å². The highest BCUT2D eigenvalue weighted by Crippen LogP contribution is 2.37. The second-order valence-corrected chi connectivity index (χ2v) is 6.25. The second-order valence-electron chi connectivity index (χ2n) is 5.84. The highest BCUT2D eigenvalue weighted by atomic mass is 35.5. The predicted molar refractivity (Wildman–Crippen MR) is 97.4 cm³/mol.